The van der Waals surface area contributed by atoms with Crippen molar-refractivity contribution in [2.45, 2.75) is 39.9 Å². The van der Waals surface area contributed by atoms with E-state index in [1.165, 1.54) is 18.2 Å². The number of fused-ring (bicyclic) bond motifs is 5. The summed E-state index contributed by atoms with van der Waals surface area (Å²) in [4.78, 5) is 9.65. The maximum Gasteiger partial charge on any atom is 0.133 e. The summed E-state index contributed by atoms with van der Waals surface area (Å²) >= 11 is 1.59. The van der Waals surface area contributed by atoms with Crippen LogP contribution in [0.1, 0.15) is 22.2 Å². The van der Waals surface area contributed by atoms with Crippen LogP contribution in [0.4, 0.5) is 8.78 Å². The Labute approximate surface area is 377 Å². The predicted molar refractivity (Wildman–Crippen MR) is 251 cm³/mol. The fraction of sp³-hybridized carbons (Fsp3) is 0.132. The minimum Gasteiger partial charge on any atom is -0.333 e. The van der Waals surface area contributed by atoms with Crippen molar-refractivity contribution in [1.82, 2.24) is 14.5 Å². The first-order chi connectivity index (χ1) is 29.8. The number of hydrogen-bond acceptors (Lipinski definition) is 3. The summed E-state index contributed by atoms with van der Waals surface area (Å²) in [6.07, 6.45) is 0.528. The average Bonchev–Trinajstić information content (AvgIpc) is 3.84. The van der Waals surface area contributed by atoms with Crippen molar-refractivity contribution in [1.29, 1.82) is 0 Å². The van der Waals surface area contributed by atoms with Crippen LogP contribution in [0, 0.1) is 29.7 Å². The molecule has 3 nitrogen and oxygen atoms in total. The molecule has 0 N–H and O–H groups in total. The van der Waals surface area contributed by atoms with Gasteiger partial charge in [-0.2, -0.15) is 11.3 Å². The Bertz CT molecular complexity index is 3260. The number of benzene rings is 7. The summed E-state index contributed by atoms with van der Waals surface area (Å²) in [5.74, 6) is -0.409. The van der Waals surface area contributed by atoms with Crippen molar-refractivity contribution in [2.75, 3.05) is 0 Å². The molecule has 0 aliphatic heterocycles. The molecule has 3 heterocycles. The zero-order chi connectivity index (χ0) is 43.3. The minimum atomic E-state index is -1.67. The van der Waals surface area contributed by atoms with E-state index in [0.29, 0.717) is 5.56 Å². The SMILES string of the molecule is Fc1cccc(F)c1-c1ccc2c(c1)sc1c[c-]c(-c3nc4ccccc4n3-c3cccc4ccccc34)cc12.[2H]C([2H])(c1cc(-c2[c-]cccc2)ncc1[Si](C)(C)C)C(C)C.[Ir]. The molecule has 0 amide bonds. The molecule has 0 aliphatic carbocycles. The van der Waals surface area contributed by atoms with E-state index in [0.717, 1.165) is 81.1 Å². The van der Waals surface area contributed by atoms with Gasteiger partial charge in [-0.1, -0.05) is 117 Å². The zero-order valence-electron chi connectivity index (χ0n) is 36.4. The molecule has 3 aromatic heterocycles. The molecule has 0 aliphatic rings. The second-order valence-electron chi connectivity index (χ2n) is 16.2. The summed E-state index contributed by atoms with van der Waals surface area (Å²) < 4.78 is 50.3. The predicted octanol–water partition coefficient (Wildman–Crippen LogP) is 14.2. The molecule has 0 fully saturated rings. The monoisotopic (exact) mass is 1010 g/mol. The standard InChI is InChI=1S/C35H19F2N2S.C18H24NSi.Ir/c36-27-10-6-11-28(37)34(27)22-15-17-25-26-19-23(16-18-32(26)40-33(25)20-22)35-38-29-12-3-4-13-31(29)39(35)30-14-5-8-21-7-1-2-9-24(21)30;1-14(2)11-16-12-17(15-9-7-6-8-10-15)19-13-18(16)20(3,4)5;/h1-15,17-20H;6-9,12-14H,11H2,1-5H3;/q2*-1;/i;11D2;. The Morgan fingerprint density at radius 1 is 0.738 bits per heavy atom. The zero-order valence-corrected chi connectivity index (χ0v) is 38.6. The van der Waals surface area contributed by atoms with Crippen LogP contribution in [0.25, 0.3) is 81.4 Å². The average molecular weight is 1010 g/mol. The molecule has 0 atom stereocenters. The Morgan fingerprint density at radius 3 is 2.25 bits per heavy atom. The maximum atomic E-state index is 14.5. The molecular weight excluding hydrogens is 969 g/mol. The first kappa shape index (κ1) is 39.5. The van der Waals surface area contributed by atoms with Crippen LogP contribution in [0.2, 0.25) is 19.6 Å². The van der Waals surface area contributed by atoms with E-state index in [9.17, 15) is 8.78 Å². The van der Waals surface area contributed by atoms with E-state index in [4.69, 9.17) is 7.73 Å². The molecule has 10 aromatic rings. The largest absolute Gasteiger partial charge is 0.333 e. The van der Waals surface area contributed by atoms with Gasteiger partial charge >= 0.3 is 0 Å². The smallest absolute Gasteiger partial charge is 0.133 e. The van der Waals surface area contributed by atoms with E-state index in [1.54, 1.807) is 17.4 Å². The normalized spacial score (nSPS) is 12.3. The summed E-state index contributed by atoms with van der Waals surface area (Å²) in [7, 11) is -1.67. The molecule has 1 radical (unpaired) electrons. The van der Waals surface area contributed by atoms with Crippen molar-refractivity contribution >= 4 is 66.6 Å². The second-order valence-corrected chi connectivity index (χ2v) is 22.4. The molecule has 0 bridgehead atoms. The number of hydrogen-bond donors (Lipinski definition) is 0. The number of pyridine rings is 1. The number of rotatable bonds is 7. The number of nitrogens with zero attached hydrogens (tertiary/aromatic N) is 3. The van der Waals surface area contributed by atoms with Crippen molar-refractivity contribution < 1.29 is 31.6 Å². The van der Waals surface area contributed by atoms with Crippen LogP contribution in [-0.4, -0.2) is 22.6 Å². The van der Waals surface area contributed by atoms with Crippen LogP contribution < -0.4 is 5.19 Å². The number of imidazole rings is 1. The van der Waals surface area contributed by atoms with Gasteiger partial charge in [-0.3, -0.25) is 4.98 Å². The topological polar surface area (TPSA) is 30.7 Å². The van der Waals surface area contributed by atoms with E-state index >= 15 is 0 Å². The van der Waals surface area contributed by atoms with Crippen molar-refractivity contribution in [3.63, 3.8) is 0 Å². The molecule has 0 spiro atoms. The first-order valence-corrected chi connectivity index (χ1v) is 24.4. The van der Waals surface area contributed by atoms with Gasteiger partial charge in [0.15, 0.2) is 0 Å². The van der Waals surface area contributed by atoms with Crippen LogP contribution >= 0.6 is 11.3 Å². The summed E-state index contributed by atoms with van der Waals surface area (Å²) in [5.41, 5.74) is 6.88. The van der Waals surface area contributed by atoms with Gasteiger partial charge in [-0.15, -0.1) is 59.7 Å². The van der Waals surface area contributed by atoms with E-state index in [2.05, 4.69) is 95.9 Å². The molecular formula is C53H43F2IrN3SSi-2. The number of para-hydroxylation sites is 2. The van der Waals surface area contributed by atoms with Crippen LogP contribution in [-0.2, 0) is 26.5 Å². The molecule has 10 rings (SSSR count). The second kappa shape index (κ2) is 17.4. The van der Waals surface area contributed by atoms with Crippen LogP contribution in [0.5, 0.6) is 0 Å². The van der Waals surface area contributed by atoms with Gasteiger partial charge in [-0.25, -0.2) is 8.78 Å². The first-order valence-electron chi connectivity index (χ1n) is 21.1. The molecule has 7 aromatic carbocycles. The summed E-state index contributed by atoms with van der Waals surface area (Å²) in [5, 5.41) is 5.50. The van der Waals surface area contributed by atoms with Gasteiger partial charge in [0.1, 0.15) is 11.6 Å². The molecule has 0 unspecified atom stereocenters. The van der Waals surface area contributed by atoms with Gasteiger partial charge in [0.05, 0.1) is 30.5 Å². The van der Waals surface area contributed by atoms with Crippen molar-refractivity contribution in [3.05, 3.63) is 181 Å². The Hall–Kier alpha value is -5.63. The maximum absolute atomic E-state index is 14.5. The molecule has 0 saturated heterocycles. The Balaban J connectivity index is 0.000000203. The van der Waals surface area contributed by atoms with Gasteiger partial charge in [-0.05, 0) is 80.6 Å². The Morgan fingerprint density at radius 2 is 1.48 bits per heavy atom. The summed E-state index contributed by atoms with van der Waals surface area (Å²) in [6.45, 7) is 10.6. The van der Waals surface area contributed by atoms with Gasteiger partial charge < -0.3 is 9.55 Å². The fourth-order valence-electron chi connectivity index (χ4n) is 7.82. The third-order valence-corrected chi connectivity index (χ3v) is 13.7. The third kappa shape index (κ3) is 8.38. The van der Waals surface area contributed by atoms with Crippen molar-refractivity contribution in [2.24, 2.45) is 5.92 Å². The quantitative estimate of drug-likeness (QED) is 0.118. The fourth-order valence-corrected chi connectivity index (χ4v) is 10.3. The molecule has 305 valence electrons. The number of aromatic nitrogens is 3. The third-order valence-electron chi connectivity index (χ3n) is 10.6. The van der Waals surface area contributed by atoms with Gasteiger partial charge in [0.2, 0.25) is 0 Å². The molecule has 61 heavy (non-hydrogen) atoms. The van der Waals surface area contributed by atoms with Crippen LogP contribution in [0.15, 0.2) is 152 Å². The molecule has 0 saturated carbocycles. The van der Waals surface area contributed by atoms with Gasteiger partial charge in [0, 0.05) is 44.8 Å². The van der Waals surface area contributed by atoms with Crippen LogP contribution in [0.3, 0.4) is 0 Å². The number of halogens is 2. The van der Waals surface area contributed by atoms with Gasteiger partial charge in [0.25, 0.3) is 0 Å². The number of thiophene rings is 1. The van der Waals surface area contributed by atoms with E-state index < -0.39 is 26.1 Å². The van der Waals surface area contributed by atoms with E-state index in [-0.39, 0.29) is 31.6 Å². The summed E-state index contributed by atoms with van der Waals surface area (Å²) in [6, 6.07) is 52.8. The Kier molecular flexibility index (Phi) is 11.3. The van der Waals surface area contributed by atoms with E-state index in [1.807, 2.05) is 86.8 Å². The minimum absolute atomic E-state index is 0. The van der Waals surface area contributed by atoms with Crippen molar-refractivity contribution in [3.8, 4) is 39.5 Å². The molecule has 8 heteroatoms.